The van der Waals surface area contributed by atoms with Crippen molar-refractivity contribution in [2.75, 3.05) is 51.8 Å². The van der Waals surface area contributed by atoms with Crippen LogP contribution in [-0.2, 0) is 4.74 Å². The Morgan fingerprint density at radius 2 is 2.12 bits per heavy atom. The second-order valence-corrected chi connectivity index (χ2v) is 6.67. The molecule has 0 radical (unpaired) electrons. The second kappa shape index (κ2) is 7.34. The van der Waals surface area contributed by atoms with Gasteiger partial charge < -0.3 is 14.8 Å². The first-order valence-electron chi connectivity index (χ1n) is 8.22. The van der Waals surface area contributed by atoms with Gasteiger partial charge in [0.2, 0.25) is 16.0 Å². The molecule has 0 aliphatic carbocycles. The summed E-state index contributed by atoms with van der Waals surface area (Å²) in [5.74, 6) is 0.591. The maximum absolute atomic E-state index is 5.37. The number of methoxy groups -OCH3 is 1. The molecule has 25 heavy (non-hydrogen) atoms. The molecule has 0 bridgehead atoms. The first-order chi connectivity index (χ1) is 12.3. The molecule has 0 unspecified atom stereocenters. The highest BCUT2D eigenvalue weighted by molar-refractivity contribution is 7.20. The average molecular weight is 360 g/mol. The van der Waals surface area contributed by atoms with E-state index in [1.807, 2.05) is 22.8 Å². The van der Waals surface area contributed by atoms with Crippen LogP contribution in [0.3, 0.4) is 0 Å². The fourth-order valence-electron chi connectivity index (χ4n) is 2.76. The zero-order chi connectivity index (χ0) is 17.1. The first kappa shape index (κ1) is 16.2. The molecule has 8 nitrogen and oxygen atoms in total. The third-order valence-corrected chi connectivity index (χ3v) is 5.01. The number of anilines is 1. The summed E-state index contributed by atoms with van der Waals surface area (Å²) >= 11 is 1.55. The lowest BCUT2D eigenvalue weighted by Crippen LogP contribution is -2.39. The molecule has 0 atom stereocenters. The van der Waals surface area contributed by atoms with Crippen molar-refractivity contribution in [3.8, 4) is 17.1 Å². The van der Waals surface area contributed by atoms with Crippen molar-refractivity contribution in [1.29, 1.82) is 0 Å². The van der Waals surface area contributed by atoms with Crippen molar-refractivity contribution < 1.29 is 9.47 Å². The van der Waals surface area contributed by atoms with E-state index in [1.54, 1.807) is 24.6 Å². The smallest absolute Gasteiger partial charge is 0.214 e. The lowest BCUT2D eigenvalue weighted by Gasteiger charge is -2.26. The molecule has 0 amide bonds. The molecule has 4 rings (SSSR count). The number of imidazole rings is 1. The van der Waals surface area contributed by atoms with E-state index in [2.05, 4.69) is 25.3 Å². The third-order valence-electron chi connectivity index (χ3n) is 4.13. The second-order valence-electron chi connectivity index (χ2n) is 5.72. The topological polar surface area (TPSA) is 76.8 Å². The zero-order valence-corrected chi connectivity index (χ0v) is 14.8. The predicted molar refractivity (Wildman–Crippen MR) is 96.4 cm³/mol. The molecule has 1 aliphatic heterocycles. The molecule has 1 aliphatic rings. The molecule has 3 aromatic rings. The normalized spacial score (nSPS) is 15.6. The van der Waals surface area contributed by atoms with Crippen molar-refractivity contribution in [1.82, 2.24) is 24.5 Å². The number of morpholine rings is 1. The number of fused-ring (bicyclic) bond motifs is 1. The fourth-order valence-corrected chi connectivity index (χ4v) is 3.56. The highest BCUT2D eigenvalue weighted by Gasteiger charge is 2.13. The van der Waals surface area contributed by atoms with Crippen molar-refractivity contribution >= 4 is 21.4 Å². The highest BCUT2D eigenvalue weighted by Crippen LogP contribution is 2.26. The molecule has 1 saturated heterocycles. The van der Waals surface area contributed by atoms with Gasteiger partial charge in [-0.25, -0.2) is 14.5 Å². The van der Waals surface area contributed by atoms with Gasteiger partial charge in [-0.1, -0.05) is 11.3 Å². The standard InChI is InChI=1S/C16H20N6O2S/c1-23-14-3-2-12(10-18-14)13-11-19-16-22(13)20-15(25-16)17-4-5-21-6-8-24-9-7-21/h2-3,10-11H,4-9H2,1H3,(H,17,20). The summed E-state index contributed by atoms with van der Waals surface area (Å²) in [7, 11) is 1.61. The van der Waals surface area contributed by atoms with E-state index in [9.17, 15) is 0 Å². The Bertz CT molecular complexity index is 825. The van der Waals surface area contributed by atoms with E-state index in [0.717, 1.165) is 60.7 Å². The zero-order valence-electron chi connectivity index (χ0n) is 14.0. The minimum atomic E-state index is 0.591. The molecule has 0 aromatic carbocycles. The summed E-state index contributed by atoms with van der Waals surface area (Å²) < 4.78 is 12.3. The van der Waals surface area contributed by atoms with Crippen LogP contribution in [0, 0.1) is 0 Å². The van der Waals surface area contributed by atoms with Gasteiger partial charge in [0.05, 0.1) is 32.2 Å². The summed E-state index contributed by atoms with van der Waals surface area (Å²) in [4.78, 5) is 12.0. The predicted octanol–water partition coefficient (Wildman–Crippen LogP) is 1.61. The Hall–Kier alpha value is -2.23. The minimum Gasteiger partial charge on any atom is -0.481 e. The van der Waals surface area contributed by atoms with Crippen LogP contribution in [0.2, 0.25) is 0 Å². The van der Waals surface area contributed by atoms with E-state index in [1.165, 1.54) is 0 Å². The summed E-state index contributed by atoms with van der Waals surface area (Å²) in [6, 6.07) is 3.79. The molecule has 132 valence electrons. The third kappa shape index (κ3) is 3.58. The number of rotatable bonds is 6. The van der Waals surface area contributed by atoms with Gasteiger partial charge in [-0.3, -0.25) is 4.90 Å². The van der Waals surface area contributed by atoms with Gasteiger partial charge in [-0.15, -0.1) is 5.10 Å². The molecule has 3 aromatic heterocycles. The van der Waals surface area contributed by atoms with E-state index in [-0.39, 0.29) is 0 Å². The van der Waals surface area contributed by atoms with E-state index in [4.69, 9.17) is 9.47 Å². The molecule has 1 N–H and O–H groups in total. The van der Waals surface area contributed by atoms with Crippen molar-refractivity contribution in [3.63, 3.8) is 0 Å². The van der Waals surface area contributed by atoms with E-state index in [0.29, 0.717) is 5.88 Å². The van der Waals surface area contributed by atoms with Crippen LogP contribution in [0.4, 0.5) is 5.13 Å². The number of nitrogens with zero attached hydrogens (tertiary/aromatic N) is 5. The number of ether oxygens (including phenoxy) is 2. The Kier molecular flexibility index (Phi) is 4.77. The highest BCUT2D eigenvalue weighted by atomic mass is 32.1. The fraction of sp³-hybridized carbons (Fsp3) is 0.438. The number of hydrogen-bond acceptors (Lipinski definition) is 8. The Labute approximate surface area is 149 Å². The first-order valence-corrected chi connectivity index (χ1v) is 9.04. The van der Waals surface area contributed by atoms with Gasteiger partial charge >= 0.3 is 0 Å². The van der Waals surface area contributed by atoms with E-state index < -0.39 is 0 Å². The SMILES string of the molecule is COc1ccc(-c2cnc3sc(NCCN4CCOCC4)nn23)cn1. The molecular weight excluding hydrogens is 340 g/mol. The van der Waals surface area contributed by atoms with Gasteiger partial charge in [-0.2, -0.15) is 0 Å². The van der Waals surface area contributed by atoms with Crippen LogP contribution in [-0.4, -0.2) is 71.0 Å². The largest absolute Gasteiger partial charge is 0.481 e. The van der Waals surface area contributed by atoms with Crippen LogP contribution in [0.15, 0.2) is 24.5 Å². The molecule has 1 fully saturated rings. The van der Waals surface area contributed by atoms with E-state index >= 15 is 0 Å². The molecular formula is C16H20N6O2S. The Morgan fingerprint density at radius 1 is 1.24 bits per heavy atom. The number of nitrogens with one attached hydrogen (secondary N) is 1. The van der Waals surface area contributed by atoms with Crippen LogP contribution in [0.1, 0.15) is 0 Å². The number of aromatic nitrogens is 4. The monoisotopic (exact) mass is 360 g/mol. The minimum absolute atomic E-state index is 0.591. The van der Waals surface area contributed by atoms with Gasteiger partial charge in [0.25, 0.3) is 0 Å². The number of hydrogen-bond donors (Lipinski definition) is 1. The summed E-state index contributed by atoms with van der Waals surface area (Å²) in [5, 5.41) is 8.90. The average Bonchev–Trinajstić information content (AvgIpc) is 3.23. The molecule has 0 spiro atoms. The summed E-state index contributed by atoms with van der Waals surface area (Å²) in [5.41, 5.74) is 1.88. The van der Waals surface area contributed by atoms with Crippen LogP contribution in [0.25, 0.3) is 16.2 Å². The van der Waals surface area contributed by atoms with Gasteiger partial charge in [0, 0.05) is 44.0 Å². The quantitative estimate of drug-likeness (QED) is 0.715. The Morgan fingerprint density at radius 3 is 2.88 bits per heavy atom. The maximum Gasteiger partial charge on any atom is 0.214 e. The summed E-state index contributed by atoms with van der Waals surface area (Å²) in [6.45, 7) is 5.49. The van der Waals surface area contributed by atoms with Crippen LogP contribution < -0.4 is 10.1 Å². The van der Waals surface area contributed by atoms with Crippen molar-refractivity contribution in [2.45, 2.75) is 0 Å². The lowest BCUT2D eigenvalue weighted by molar-refractivity contribution is 0.0398. The van der Waals surface area contributed by atoms with Crippen molar-refractivity contribution in [2.24, 2.45) is 0 Å². The molecule has 0 saturated carbocycles. The van der Waals surface area contributed by atoms with Gasteiger partial charge in [0.15, 0.2) is 0 Å². The van der Waals surface area contributed by atoms with Gasteiger partial charge in [0.1, 0.15) is 0 Å². The molecule has 9 heteroatoms. The number of pyridine rings is 1. The lowest BCUT2D eigenvalue weighted by atomic mass is 10.2. The van der Waals surface area contributed by atoms with Crippen LogP contribution in [0.5, 0.6) is 5.88 Å². The summed E-state index contributed by atoms with van der Waals surface area (Å²) in [6.07, 6.45) is 3.59. The van der Waals surface area contributed by atoms with Crippen molar-refractivity contribution in [3.05, 3.63) is 24.5 Å². The molecule has 4 heterocycles. The van der Waals surface area contributed by atoms with Crippen LogP contribution >= 0.6 is 11.3 Å². The Balaban J connectivity index is 1.44. The maximum atomic E-state index is 5.37. The van der Waals surface area contributed by atoms with Gasteiger partial charge in [-0.05, 0) is 6.07 Å².